The van der Waals surface area contributed by atoms with E-state index >= 15 is 0 Å². The second-order valence-corrected chi connectivity index (χ2v) is 6.88. The van der Waals surface area contributed by atoms with Gasteiger partial charge in [-0.3, -0.25) is 4.98 Å². The molecule has 4 heterocycles. The minimum atomic E-state index is 0.955. The summed E-state index contributed by atoms with van der Waals surface area (Å²) in [6.07, 6.45) is 7.88. The third-order valence-electron chi connectivity index (χ3n) is 5.26. The van der Waals surface area contributed by atoms with Gasteiger partial charge in [-0.25, -0.2) is 4.98 Å². The van der Waals surface area contributed by atoms with Crippen LogP contribution in [0.2, 0.25) is 0 Å². The number of pyridine rings is 2. The summed E-state index contributed by atoms with van der Waals surface area (Å²) >= 11 is 0. The Kier molecular flexibility index (Phi) is 3.14. The van der Waals surface area contributed by atoms with Gasteiger partial charge in [0.15, 0.2) is 0 Å². The first-order valence-electron chi connectivity index (χ1n) is 9.26. The van der Waals surface area contributed by atoms with Crippen molar-refractivity contribution in [1.82, 2.24) is 18.9 Å². The summed E-state index contributed by atoms with van der Waals surface area (Å²) < 4.78 is 4.34. The van der Waals surface area contributed by atoms with E-state index in [1.54, 1.807) is 0 Å². The molecule has 0 N–H and O–H groups in total. The Morgan fingerprint density at radius 3 is 2.43 bits per heavy atom. The van der Waals surface area contributed by atoms with Gasteiger partial charge in [-0.2, -0.15) is 0 Å². The van der Waals surface area contributed by atoms with Crippen LogP contribution in [-0.2, 0) is 0 Å². The molecule has 0 saturated carbocycles. The molecule has 6 rings (SSSR count). The van der Waals surface area contributed by atoms with E-state index in [1.165, 1.54) is 16.3 Å². The summed E-state index contributed by atoms with van der Waals surface area (Å²) in [7, 11) is 0. The molecule has 0 aliphatic carbocycles. The van der Waals surface area contributed by atoms with Crippen LogP contribution < -0.4 is 0 Å². The van der Waals surface area contributed by atoms with Gasteiger partial charge < -0.3 is 8.97 Å². The summed E-state index contributed by atoms with van der Waals surface area (Å²) in [5.41, 5.74) is 6.52. The van der Waals surface area contributed by atoms with Crippen molar-refractivity contribution in [2.75, 3.05) is 0 Å². The molecule has 0 bridgehead atoms. The maximum Gasteiger partial charge on any atom is 0.137 e. The third kappa shape index (κ3) is 2.18. The normalized spacial score (nSPS) is 11.6. The van der Waals surface area contributed by atoms with Crippen LogP contribution in [0.3, 0.4) is 0 Å². The molecule has 132 valence electrons. The van der Waals surface area contributed by atoms with Crippen molar-refractivity contribution in [1.29, 1.82) is 0 Å². The van der Waals surface area contributed by atoms with Crippen LogP contribution in [0.15, 0.2) is 97.6 Å². The van der Waals surface area contributed by atoms with Gasteiger partial charge in [-0.1, -0.05) is 36.4 Å². The highest BCUT2D eigenvalue weighted by Crippen LogP contribution is 2.31. The van der Waals surface area contributed by atoms with E-state index < -0.39 is 0 Å². The topological polar surface area (TPSA) is 35.1 Å². The molecule has 2 aromatic carbocycles. The highest BCUT2D eigenvalue weighted by molar-refractivity contribution is 6.08. The Morgan fingerprint density at radius 1 is 0.714 bits per heavy atom. The van der Waals surface area contributed by atoms with E-state index in [9.17, 15) is 0 Å². The fraction of sp³-hybridized carbons (Fsp3) is 0. The SMILES string of the molecule is c1ccc2c(c1)c1cnccc1n2-c1ccc(-c2cn3ccccc3n2)cc1. The molecular weight excluding hydrogens is 344 g/mol. The summed E-state index contributed by atoms with van der Waals surface area (Å²) in [6, 6.07) is 25.2. The van der Waals surface area contributed by atoms with Gasteiger partial charge >= 0.3 is 0 Å². The molecule has 0 radical (unpaired) electrons. The molecule has 0 atom stereocenters. The lowest BCUT2D eigenvalue weighted by Crippen LogP contribution is -1.93. The summed E-state index contributed by atoms with van der Waals surface area (Å²) in [6.45, 7) is 0. The maximum atomic E-state index is 4.72. The second kappa shape index (κ2) is 5.79. The maximum absolute atomic E-state index is 4.72. The lowest BCUT2D eigenvalue weighted by atomic mass is 10.1. The van der Waals surface area contributed by atoms with Crippen LogP contribution in [0.5, 0.6) is 0 Å². The van der Waals surface area contributed by atoms with Crippen LogP contribution in [0.1, 0.15) is 0 Å². The van der Waals surface area contributed by atoms with Crippen LogP contribution in [-0.4, -0.2) is 18.9 Å². The Morgan fingerprint density at radius 2 is 1.54 bits per heavy atom. The molecule has 0 spiro atoms. The van der Waals surface area contributed by atoms with Crippen molar-refractivity contribution >= 4 is 27.5 Å². The Labute approximate surface area is 161 Å². The zero-order valence-electron chi connectivity index (χ0n) is 15.0. The van der Waals surface area contributed by atoms with Crippen molar-refractivity contribution in [3.8, 4) is 16.9 Å². The lowest BCUT2D eigenvalue weighted by Gasteiger charge is -2.08. The van der Waals surface area contributed by atoms with Crippen molar-refractivity contribution in [3.05, 3.63) is 97.6 Å². The van der Waals surface area contributed by atoms with E-state index in [0.29, 0.717) is 0 Å². The molecule has 4 aromatic heterocycles. The molecule has 0 unspecified atom stereocenters. The molecule has 0 saturated heterocycles. The van der Waals surface area contributed by atoms with Crippen molar-refractivity contribution in [3.63, 3.8) is 0 Å². The molecular formula is C24H16N4. The van der Waals surface area contributed by atoms with Gasteiger partial charge in [-0.15, -0.1) is 0 Å². The van der Waals surface area contributed by atoms with Gasteiger partial charge in [0.05, 0.1) is 16.7 Å². The largest absolute Gasteiger partial charge is 0.309 e. The number of imidazole rings is 1. The summed E-state index contributed by atoms with van der Waals surface area (Å²) in [5.74, 6) is 0. The first-order valence-corrected chi connectivity index (χ1v) is 9.26. The number of rotatable bonds is 2. The zero-order valence-corrected chi connectivity index (χ0v) is 15.0. The standard InChI is InChI=1S/C24H16N4/c1-2-6-22-19(5-1)20-15-25-13-12-23(20)28(22)18-10-8-17(9-11-18)21-16-27-14-4-3-7-24(27)26-21/h1-16H. The molecule has 0 aliphatic heterocycles. The Bertz CT molecular complexity index is 1370. The highest BCUT2D eigenvalue weighted by atomic mass is 15.0. The molecule has 0 aliphatic rings. The Balaban J connectivity index is 1.52. The van der Waals surface area contributed by atoms with Crippen LogP contribution in [0.4, 0.5) is 0 Å². The zero-order chi connectivity index (χ0) is 18.5. The predicted octanol–water partition coefficient (Wildman–Crippen LogP) is 5.49. The average Bonchev–Trinajstić information content (AvgIpc) is 3.33. The number of para-hydroxylation sites is 1. The van der Waals surface area contributed by atoms with E-state index in [4.69, 9.17) is 4.98 Å². The van der Waals surface area contributed by atoms with E-state index in [2.05, 4.69) is 70.3 Å². The van der Waals surface area contributed by atoms with Crippen molar-refractivity contribution in [2.24, 2.45) is 0 Å². The smallest absolute Gasteiger partial charge is 0.137 e. The van der Waals surface area contributed by atoms with Crippen LogP contribution >= 0.6 is 0 Å². The van der Waals surface area contributed by atoms with Crippen LogP contribution in [0, 0.1) is 0 Å². The summed E-state index contributed by atoms with van der Waals surface area (Å²) in [5, 5.41) is 2.39. The minimum Gasteiger partial charge on any atom is -0.309 e. The number of hydrogen-bond acceptors (Lipinski definition) is 2. The number of aromatic nitrogens is 4. The summed E-state index contributed by atoms with van der Waals surface area (Å²) in [4.78, 5) is 9.04. The number of hydrogen-bond donors (Lipinski definition) is 0. The van der Waals surface area contributed by atoms with Crippen LogP contribution in [0.25, 0.3) is 44.4 Å². The molecule has 6 aromatic rings. The first kappa shape index (κ1) is 15.2. The predicted molar refractivity (Wildman–Crippen MR) is 113 cm³/mol. The highest BCUT2D eigenvalue weighted by Gasteiger charge is 2.12. The molecule has 28 heavy (non-hydrogen) atoms. The fourth-order valence-electron chi connectivity index (χ4n) is 3.95. The number of nitrogens with zero attached hydrogens (tertiary/aromatic N) is 4. The van der Waals surface area contributed by atoms with Crippen molar-refractivity contribution in [2.45, 2.75) is 0 Å². The first-order chi connectivity index (χ1) is 13.9. The van der Waals surface area contributed by atoms with Gasteiger partial charge in [0.2, 0.25) is 0 Å². The fourth-order valence-corrected chi connectivity index (χ4v) is 3.95. The molecule has 4 nitrogen and oxygen atoms in total. The monoisotopic (exact) mass is 360 g/mol. The molecule has 4 heteroatoms. The van der Waals surface area contributed by atoms with Gasteiger partial charge in [0.25, 0.3) is 0 Å². The van der Waals surface area contributed by atoms with Gasteiger partial charge in [-0.05, 0) is 36.4 Å². The van der Waals surface area contributed by atoms with Gasteiger partial charge in [0, 0.05) is 46.8 Å². The lowest BCUT2D eigenvalue weighted by molar-refractivity contribution is 1.17. The van der Waals surface area contributed by atoms with Crippen molar-refractivity contribution < 1.29 is 0 Å². The average molecular weight is 360 g/mol. The number of fused-ring (bicyclic) bond motifs is 4. The quantitative estimate of drug-likeness (QED) is 0.409. The van der Waals surface area contributed by atoms with E-state index in [1.807, 2.05) is 41.2 Å². The second-order valence-electron chi connectivity index (χ2n) is 6.88. The van der Waals surface area contributed by atoms with E-state index in [-0.39, 0.29) is 0 Å². The van der Waals surface area contributed by atoms with Gasteiger partial charge in [0.1, 0.15) is 5.65 Å². The minimum absolute atomic E-state index is 0.955. The van der Waals surface area contributed by atoms with E-state index in [0.717, 1.165) is 28.1 Å². The number of benzene rings is 2. The molecule has 0 fully saturated rings. The third-order valence-corrected chi connectivity index (χ3v) is 5.26. The molecule has 0 amide bonds. The Hall–Kier alpha value is -3.92.